The Bertz CT molecular complexity index is 641. The van der Waals surface area contributed by atoms with Crippen molar-refractivity contribution in [3.05, 3.63) is 60.2 Å². The summed E-state index contributed by atoms with van der Waals surface area (Å²) in [4.78, 5) is 24.4. The van der Waals surface area contributed by atoms with Crippen LogP contribution in [0.3, 0.4) is 0 Å². The average Bonchev–Trinajstić information content (AvgIpc) is 2.50. The van der Waals surface area contributed by atoms with E-state index in [1.165, 1.54) is 24.3 Å². The summed E-state index contributed by atoms with van der Waals surface area (Å²) in [6.45, 7) is 1.01. The summed E-state index contributed by atoms with van der Waals surface area (Å²) in [5.41, 5.74) is 0.414. The number of hydroxylamine groups is 2. The van der Waals surface area contributed by atoms with E-state index in [-0.39, 0.29) is 16.4 Å². The minimum absolute atomic E-state index is 0.0767. The first-order chi connectivity index (χ1) is 10.4. The lowest BCUT2D eigenvalue weighted by Gasteiger charge is -2.25. The topological polar surface area (TPSA) is 60.9 Å². The van der Waals surface area contributed by atoms with E-state index in [9.17, 15) is 23.6 Å². The molecular formula is C15H12F2N2O3. The van der Waals surface area contributed by atoms with Gasteiger partial charge in [-0.2, -0.15) is 0 Å². The zero-order valence-electron chi connectivity index (χ0n) is 11.5. The first kappa shape index (κ1) is 15.6. The second-order valence-corrected chi connectivity index (χ2v) is 4.40. The lowest BCUT2D eigenvalue weighted by atomic mass is 10.2. The Morgan fingerprint density at radius 2 is 1.23 bits per heavy atom. The molecular weight excluding hydrogens is 294 g/mol. The Morgan fingerprint density at radius 3 is 1.55 bits per heavy atom. The van der Waals surface area contributed by atoms with Crippen molar-refractivity contribution in [2.75, 3.05) is 4.90 Å². The van der Waals surface area contributed by atoms with Crippen molar-refractivity contribution < 1.29 is 23.6 Å². The molecule has 5 nitrogen and oxygen atoms in total. The monoisotopic (exact) mass is 306 g/mol. The maximum atomic E-state index is 13.0. The van der Waals surface area contributed by atoms with E-state index in [4.69, 9.17) is 0 Å². The molecule has 0 saturated heterocycles. The van der Waals surface area contributed by atoms with E-state index in [1.807, 2.05) is 0 Å². The SMILES string of the molecule is CC(=O)N(O)C(=O)N(c1ccc(F)cc1)c1ccc(F)cc1. The van der Waals surface area contributed by atoms with Gasteiger partial charge in [-0.3, -0.25) is 14.9 Å². The van der Waals surface area contributed by atoms with Crippen LogP contribution in [0.1, 0.15) is 6.92 Å². The highest BCUT2D eigenvalue weighted by Gasteiger charge is 2.25. The Balaban J connectivity index is 2.49. The molecule has 0 spiro atoms. The molecule has 114 valence electrons. The van der Waals surface area contributed by atoms with Crippen LogP contribution in [0.25, 0.3) is 0 Å². The van der Waals surface area contributed by atoms with Crippen LogP contribution in [0, 0.1) is 11.6 Å². The van der Waals surface area contributed by atoms with E-state index in [0.717, 1.165) is 36.1 Å². The van der Waals surface area contributed by atoms with Crippen LogP contribution >= 0.6 is 0 Å². The quantitative estimate of drug-likeness (QED) is 0.682. The Morgan fingerprint density at radius 1 is 0.864 bits per heavy atom. The minimum Gasteiger partial charge on any atom is -0.277 e. The van der Waals surface area contributed by atoms with E-state index < -0.39 is 23.6 Å². The fourth-order valence-electron chi connectivity index (χ4n) is 1.78. The highest BCUT2D eigenvalue weighted by atomic mass is 19.1. The number of nitrogens with zero attached hydrogens (tertiary/aromatic N) is 2. The number of hydrogen-bond donors (Lipinski definition) is 1. The molecule has 3 amide bonds. The third-order valence-corrected chi connectivity index (χ3v) is 2.84. The van der Waals surface area contributed by atoms with Gasteiger partial charge in [-0.1, -0.05) is 0 Å². The third kappa shape index (κ3) is 3.26. The highest BCUT2D eigenvalue weighted by Crippen LogP contribution is 2.27. The largest absolute Gasteiger partial charge is 0.360 e. The maximum Gasteiger partial charge on any atom is 0.360 e. The Labute approximate surface area is 125 Å². The van der Waals surface area contributed by atoms with Crippen LogP contribution in [0.2, 0.25) is 0 Å². The minimum atomic E-state index is -1.06. The fraction of sp³-hybridized carbons (Fsp3) is 0.0667. The second kappa shape index (κ2) is 6.31. The smallest absolute Gasteiger partial charge is 0.277 e. The Hall–Kier alpha value is -2.80. The van der Waals surface area contributed by atoms with Gasteiger partial charge in [-0.05, 0) is 48.5 Å². The second-order valence-electron chi connectivity index (χ2n) is 4.40. The van der Waals surface area contributed by atoms with Gasteiger partial charge in [0.25, 0.3) is 5.91 Å². The predicted molar refractivity (Wildman–Crippen MR) is 74.6 cm³/mol. The van der Waals surface area contributed by atoms with Crippen LogP contribution < -0.4 is 4.90 Å². The van der Waals surface area contributed by atoms with Crippen molar-refractivity contribution in [2.24, 2.45) is 0 Å². The molecule has 0 aliphatic carbocycles. The van der Waals surface area contributed by atoms with Gasteiger partial charge in [-0.25, -0.2) is 13.6 Å². The number of carbonyl (C=O) groups is 2. The maximum absolute atomic E-state index is 13.0. The zero-order valence-corrected chi connectivity index (χ0v) is 11.5. The zero-order chi connectivity index (χ0) is 16.3. The van der Waals surface area contributed by atoms with E-state index >= 15 is 0 Å². The molecule has 2 aromatic rings. The first-order valence-electron chi connectivity index (χ1n) is 6.25. The van der Waals surface area contributed by atoms with E-state index in [1.54, 1.807) is 0 Å². The first-order valence-corrected chi connectivity index (χ1v) is 6.25. The van der Waals surface area contributed by atoms with Crippen LogP contribution in [0.15, 0.2) is 48.5 Å². The molecule has 2 aromatic carbocycles. The summed E-state index contributed by atoms with van der Waals surface area (Å²) in [6, 6.07) is 8.60. The molecule has 0 aromatic heterocycles. The molecule has 0 bridgehead atoms. The Kier molecular flexibility index (Phi) is 4.47. The summed E-state index contributed by atoms with van der Waals surface area (Å²) in [7, 11) is 0. The predicted octanol–water partition coefficient (Wildman–Crippen LogP) is 3.46. The fourth-order valence-corrected chi connectivity index (χ4v) is 1.78. The van der Waals surface area contributed by atoms with Gasteiger partial charge < -0.3 is 0 Å². The summed E-state index contributed by atoms with van der Waals surface area (Å²) in [6.07, 6.45) is 0. The van der Waals surface area contributed by atoms with Gasteiger partial charge >= 0.3 is 6.03 Å². The number of amides is 3. The molecule has 0 aliphatic rings. The van der Waals surface area contributed by atoms with Gasteiger partial charge in [-0.15, -0.1) is 5.06 Å². The van der Waals surface area contributed by atoms with E-state index in [0.29, 0.717) is 0 Å². The molecule has 0 aliphatic heterocycles. The van der Waals surface area contributed by atoms with Crippen molar-refractivity contribution in [1.82, 2.24) is 5.06 Å². The van der Waals surface area contributed by atoms with Gasteiger partial charge in [0.1, 0.15) is 11.6 Å². The molecule has 7 heteroatoms. The normalized spacial score (nSPS) is 10.2. The number of rotatable bonds is 2. The van der Waals surface area contributed by atoms with Crippen molar-refractivity contribution in [2.45, 2.75) is 6.92 Å². The number of hydrogen-bond acceptors (Lipinski definition) is 3. The molecule has 0 radical (unpaired) electrons. The molecule has 2 rings (SSSR count). The highest BCUT2D eigenvalue weighted by molar-refractivity contribution is 6.05. The van der Waals surface area contributed by atoms with E-state index in [2.05, 4.69) is 0 Å². The van der Waals surface area contributed by atoms with Crippen LogP contribution in [0.5, 0.6) is 0 Å². The molecule has 0 fully saturated rings. The third-order valence-electron chi connectivity index (χ3n) is 2.84. The van der Waals surface area contributed by atoms with Crippen molar-refractivity contribution in [1.29, 1.82) is 0 Å². The van der Waals surface area contributed by atoms with Crippen LogP contribution in [0.4, 0.5) is 25.0 Å². The van der Waals surface area contributed by atoms with Gasteiger partial charge in [0.05, 0.1) is 11.4 Å². The number of anilines is 2. The lowest BCUT2D eigenvalue weighted by molar-refractivity contribution is -0.149. The number of halogens is 2. The van der Waals surface area contributed by atoms with Gasteiger partial charge in [0.15, 0.2) is 0 Å². The number of urea groups is 1. The molecule has 1 N–H and O–H groups in total. The standard InChI is InChI=1S/C15H12F2N2O3/c1-10(20)19(22)15(21)18(13-6-2-11(16)3-7-13)14-8-4-12(17)5-9-14/h2-9,22H,1H3. The summed E-state index contributed by atoms with van der Waals surface area (Å²) in [5.74, 6) is -1.91. The van der Waals surface area contributed by atoms with Gasteiger partial charge in [0.2, 0.25) is 0 Å². The molecule has 22 heavy (non-hydrogen) atoms. The summed E-state index contributed by atoms with van der Waals surface area (Å²) in [5, 5.41) is 9.46. The number of imide groups is 1. The van der Waals surface area contributed by atoms with Crippen molar-refractivity contribution >= 4 is 23.3 Å². The number of carbonyl (C=O) groups excluding carboxylic acids is 2. The van der Waals surface area contributed by atoms with Gasteiger partial charge in [0, 0.05) is 6.92 Å². The molecule has 0 unspecified atom stereocenters. The van der Waals surface area contributed by atoms with Crippen LogP contribution in [-0.2, 0) is 4.79 Å². The molecule has 0 heterocycles. The molecule has 0 atom stereocenters. The van der Waals surface area contributed by atoms with Crippen LogP contribution in [-0.4, -0.2) is 22.2 Å². The average molecular weight is 306 g/mol. The van der Waals surface area contributed by atoms with Crippen molar-refractivity contribution in [3.8, 4) is 0 Å². The summed E-state index contributed by atoms with van der Waals surface area (Å²) >= 11 is 0. The molecule has 0 saturated carbocycles. The summed E-state index contributed by atoms with van der Waals surface area (Å²) < 4.78 is 26.1. The number of benzene rings is 2. The van der Waals surface area contributed by atoms with Crippen molar-refractivity contribution in [3.63, 3.8) is 0 Å². The lowest BCUT2D eigenvalue weighted by Crippen LogP contribution is -2.41.